The van der Waals surface area contributed by atoms with Crippen LogP contribution in [0.25, 0.3) is 6.08 Å². The molecule has 1 aliphatic heterocycles. The van der Waals surface area contributed by atoms with Gasteiger partial charge in [0.05, 0.1) is 24.3 Å². The van der Waals surface area contributed by atoms with Gasteiger partial charge in [-0.1, -0.05) is 18.2 Å². The summed E-state index contributed by atoms with van der Waals surface area (Å²) < 4.78 is 51.9. The van der Waals surface area contributed by atoms with E-state index in [1.165, 1.54) is 18.2 Å². The average Bonchev–Trinajstić information content (AvgIpc) is 3.58. The Hall–Kier alpha value is -3.44. The molecule has 11 heteroatoms. The fourth-order valence-electron chi connectivity index (χ4n) is 4.09. The van der Waals surface area contributed by atoms with E-state index in [0.717, 1.165) is 31.7 Å². The molecule has 0 aromatic heterocycles. The minimum absolute atomic E-state index is 0.0232. The van der Waals surface area contributed by atoms with Crippen LogP contribution in [0.2, 0.25) is 0 Å². The van der Waals surface area contributed by atoms with Gasteiger partial charge < -0.3 is 19.7 Å². The minimum Gasteiger partial charge on any atom is -0.492 e. The van der Waals surface area contributed by atoms with Crippen molar-refractivity contribution in [3.8, 4) is 5.75 Å². The molecule has 0 spiro atoms. The van der Waals surface area contributed by atoms with E-state index >= 15 is 0 Å². The van der Waals surface area contributed by atoms with Gasteiger partial charge >= 0.3 is 12.1 Å². The van der Waals surface area contributed by atoms with Gasteiger partial charge in [0, 0.05) is 12.5 Å². The Kier molecular flexibility index (Phi) is 6.32. The van der Waals surface area contributed by atoms with Gasteiger partial charge in [-0.3, -0.25) is 0 Å². The number of aromatic carboxylic acids is 1. The van der Waals surface area contributed by atoms with Gasteiger partial charge in [0.25, 0.3) is 10.0 Å². The number of carbonyl (C=O) groups is 2. The molecule has 34 heavy (non-hydrogen) atoms. The zero-order valence-corrected chi connectivity index (χ0v) is 18.9. The van der Waals surface area contributed by atoms with Crippen LogP contribution < -0.4 is 9.04 Å². The third kappa shape index (κ3) is 4.12. The number of nitrogens with zero attached hydrogens (tertiary/aromatic N) is 1. The van der Waals surface area contributed by atoms with Gasteiger partial charge in [-0.2, -0.15) is 4.31 Å². The van der Waals surface area contributed by atoms with E-state index < -0.39 is 44.0 Å². The van der Waals surface area contributed by atoms with Crippen LogP contribution in [0.15, 0.2) is 41.3 Å². The molecule has 1 fully saturated rings. The largest absolute Gasteiger partial charge is 0.492 e. The SMILES string of the molecule is COC(=O)N(c1ccc2c(c1C(=O)O)OCC1CC21)S(=O)(=O)c1ccc(F)cc1C=CCCO. The Labute approximate surface area is 195 Å². The van der Waals surface area contributed by atoms with Crippen molar-refractivity contribution < 1.29 is 42.1 Å². The van der Waals surface area contributed by atoms with E-state index in [1.807, 2.05) is 0 Å². The second-order valence-corrected chi connectivity index (χ2v) is 9.69. The first-order valence-corrected chi connectivity index (χ1v) is 11.9. The van der Waals surface area contributed by atoms with Crippen molar-refractivity contribution in [1.29, 1.82) is 0 Å². The minimum atomic E-state index is -4.78. The number of carboxylic acids is 1. The summed E-state index contributed by atoms with van der Waals surface area (Å²) in [7, 11) is -3.82. The zero-order valence-electron chi connectivity index (χ0n) is 18.1. The highest BCUT2D eigenvalue weighted by Gasteiger charge is 2.47. The molecule has 1 saturated carbocycles. The van der Waals surface area contributed by atoms with Gasteiger partial charge in [0.15, 0.2) is 0 Å². The molecule has 9 nitrogen and oxygen atoms in total. The van der Waals surface area contributed by atoms with Crippen LogP contribution in [0, 0.1) is 11.7 Å². The van der Waals surface area contributed by atoms with E-state index in [1.54, 1.807) is 6.07 Å². The van der Waals surface area contributed by atoms with Crippen molar-refractivity contribution in [2.75, 3.05) is 24.6 Å². The number of hydrogen-bond acceptors (Lipinski definition) is 7. The predicted octanol–water partition coefficient (Wildman–Crippen LogP) is 3.38. The van der Waals surface area contributed by atoms with Crippen molar-refractivity contribution in [2.24, 2.45) is 5.92 Å². The third-order valence-corrected chi connectivity index (χ3v) is 7.54. The average molecular weight is 491 g/mol. The molecular formula is C23H22FNO8S. The van der Waals surface area contributed by atoms with E-state index in [4.69, 9.17) is 14.6 Å². The molecule has 2 atom stereocenters. The summed E-state index contributed by atoms with van der Waals surface area (Å²) >= 11 is 0. The first-order valence-electron chi connectivity index (χ1n) is 10.4. The van der Waals surface area contributed by atoms with E-state index in [2.05, 4.69) is 0 Å². The van der Waals surface area contributed by atoms with Gasteiger partial charge in [0.1, 0.15) is 17.1 Å². The fourth-order valence-corrected chi connectivity index (χ4v) is 5.63. The second-order valence-electron chi connectivity index (χ2n) is 7.93. The van der Waals surface area contributed by atoms with Gasteiger partial charge in [-0.25, -0.2) is 22.4 Å². The van der Waals surface area contributed by atoms with Gasteiger partial charge in [-0.05, 0) is 54.2 Å². The predicted molar refractivity (Wildman–Crippen MR) is 119 cm³/mol. The lowest BCUT2D eigenvalue weighted by Crippen LogP contribution is -2.38. The molecular weight excluding hydrogens is 469 g/mol. The van der Waals surface area contributed by atoms with Crippen molar-refractivity contribution >= 4 is 33.8 Å². The summed E-state index contributed by atoms with van der Waals surface area (Å²) in [6.45, 7) is 0.0886. The molecule has 1 heterocycles. The van der Waals surface area contributed by atoms with E-state index in [-0.39, 0.29) is 40.5 Å². The number of hydrogen-bond donors (Lipinski definition) is 2. The number of carbonyl (C=O) groups excluding carboxylic acids is 1. The number of ether oxygens (including phenoxy) is 2. The first-order chi connectivity index (χ1) is 16.2. The molecule has 2 N–H and O–H groups in total. The highest BCUT2D eigenvalue weighted by molar-refractivity contribution is 7.93. The summed E-state index contributed by atoms with van der Waals surface area (Å²) in [6.07, 6.45) is 2.41. The maximum atomic E-state index is 13.9. The van der Waals surface area contributed by atoms with Crippen LogP contribution in [-0.4, -0.2) is 51.0 Å². The maximum absolute atomic E-state index is 13.9. The summed E-state index contributed by atoms with van der Waals surface area (Å²) in [6, 6.07) is 5.64. The molecule has 2 unspecified atom stereocenters. The number of benzene rings is 2. The highest BCUT2D eigenvalue weighted by Crippen LogP contribution is 2.55. The normalized spacial score (nSPS) is 18.6. The summed E-state index contributed by atoms with van der Waals surface area (Å²) in [5.41, 5.74) is -0.369. The molecule has 1 aliphatic carbocycles. The maximum Gasteiger partial charge on any atom is 0.428 e. The number of methoxy groups -OCH3 is 1. The van der Waals surface area contributed by atoms with Gasteiger partial charge in [-0.15, -0.1) is 0 Å². The summed E-state index contributed by atoms with van der Waals surface area (Å²) in [5.74, 6) is -1.76. The third-order valence-electron chi connectivity index (χ3n) is 5.79. The zero-order chi connectivity index (χ0) is 24.6. The molecule has 2 aliphatic rings. The second kappa shape index (κ2) is 9.07. The molecule has 2 aromatic rings. The van der Waals surface area contributed by atoms with Gasteiger partial charge in [0.2, 0.25) is 0 Å². The summed E-state index contributed by atoms with van der Waals surface area (Å²) in [5, 5.41) is 18.9. The number of amides is 1. The van der Waals surface area contributed by atoms with Crippen LogP contribution >= 0.6 is 0 Å². The number of aliphatic hydroxyl groups is 1. The number of anilines is 1. The number of fused-ring (bicyclic) bond motifs is 3. The Morgan fingerprint density at radius 2 is 2.06 bits per heavy atom. The van der Waals surface area contributed by atoms with Crippen LogP contribution in [0.1, 0.15) is 40.2 Å². The molecule has 0 saturated heterocycles. The van der Waals surface area contributed by atoms with Crippen LogP contribution in [0.4, 0.5) is 14.9 Å². The Bertz CT molecular complexity index is 1290. The van der Waals surface area contributed by atoms with E-state index in [0.29, 0.717) is 12.2 Å². The lowest BCUT2D eigenvalue weighted by molar-refractivity contribution is 0.0692. The quantitative estimate of drug-likeness (QED) is 0.603. The number of sulfonamides is 1. The Balaban J connectivity index is 1.91. The van der Waals surface area contributed by atoms with Crippen molar-refractivity contribution in [1.82, 2.24) is 0 Å². The Morgan fingerprint density at radius 1 is 1.29 bits per heavy atom. The molecule has 1 amide bonds. The van der Waals surface area contributed by atoms with Crippen molar-refractivity contribution in [2.45, 2.75) is 23.7 Å². The molecule has 0 bridgehead atoms. The lowest BCUT2D eigenvalue weighted by atomic mass is 10.00. The summed E-state index contributed by atoms with van der Waals surface area (Å²) in [4.78, 5) is 24.5. The number of rotatable bonds is 7. The highest BCUT2D eigenvalue weighted by atomic mass is 32.2. The topological polar surface area (TPSA) is 130 Å². The van der Waals surface area contributed by atoms with Crippen LogP contribution in [0.3, 0.4) is 0 Å². The standard InChI is InChI=1S/C23H22FNO8S/c1-32-23(29)25(34(30,31)19-8-5-15(24)10-13(19)4-2-3-9-26)18-7-6-16-17-11-14(17)12-33-21(16)20(18)22(27)28/h2,4-8,10,14,17,26H,3,9,11-12H2,1H3,(H,27,28). The van der Waals surface area contributed by atoms with Crippen LogP contribution in [-0.2, 0) is 14.8 Å². The molecule has 0 radical (unpaired) electrons. The lowest BCUT2D eigenvalue weighted by Gasteiger charge is -2.26. The van der Waals surface area contributed by atoms with Crippen molar-refractivity contribution in [3.63, 3.8) is 0 Å². The van der Waals surface area contributed by atoms with Crippen LogP contribution in [0.5, 0.6) is 5.75 Å². The number of carboxylic acid groups (broad SMARTS) is 1. The number of aliphatic hydroxyl groups excluding tert-OH is 1. The molecule has 180 valence electrons. The molecule has 2 aromatic carbocycles. The number of halogens is 1. The smallest absolute Gasteiger partial charge is 0.428 e. The first kappa shape index (κ1) is 23.7. The molecule has 4 rings (SSSR count). The monoisotopic (exact) mass is 491 g/mol. The Morgan fingerprint density at radius 3 is 2.74 bits per heavy atom. The van der Waals surface area contributed by atoms with Crippen molar-refractivity contribution in [3.05, 3.63) is 58.9 Å². The van der Waals surface area contributed by atoms with E-state index in [9.17, 15) is 27.5 Å². The fraction of sp³-hybridized carbons (Fsp3) is 0.304.